The fraction of sp³-hybridized carbons (Fsp3) is 0.533. The molecule has 7 heteroatoms. The standard InChI is InChI=1S/C30H39N3O4/c1-30(2,29(37)31-26(34)22-15-10-6-11-16-22)32-27(35)24-19-23-17-9-3-4-12-18-25(23)33(28(24)36)20-21-13-7-5-8-14-21/h6,10-11,15-16,19,21H,3-5,7-9,12-14,17-18,20H2,1-2H3,(H,32,35)(H,31,34,37). The molecule has 2 aromatic rings. The number of carbonyl (C=O) groups excluding carboxylic acids is 3. The molecule has 0 bridgehead atoms. The van der Waals surface area contributed by atoms with Crippen molar-refractivity contribution in [3.63, 3.8) is 0 Å². The van der Waals surface area contributed by atoms with E-state index >= 15 is 0 Å². The second-order valence-electron chi connectivity index (χ2n) is 11.1. The topological polar surface area (TPSA) is 97.3 Å². The lowest BCUT2D eigenvalue weighted by Crippen LogP contribution is -2.56. The molecule has 1 fully saturated rings. The first-order chi connectivity index (χ1) is 17.8. The molecule has 0 spiro atoms. The second kappa shape index (κ2) is 11.9. The van der Waals surface area contributed by atoms with Gasteiger partial charge in [-0.15, -0.1) is 0 Å². The summed E-state index contributed by atoms with van der Waals surface area (Å²) >= 11 is 0. The van der Waals surface area contributed by atoms with Gasteiger partial charge in [-0.05, 0) is 82.1 Å². The number of hydrogen-bond donors (Lipinski definition) is 2. The van der Waals surface area contributed by atoms with Gasteiger partial charge in [-0.2, -0.15) is 0 Å². The van der Waals surface area contributed by atoms with E-state index in [2.05, 4.69) is 10.6 Å². The molecule has 2 aliphatic carbocycles. The van der Waals surface area contributed by atoms with Crippen LogP contribution >= 0.6 is 0 Å². The number of benzene rings is 1. The lowest BCUT2D eigenvalue weighted by atomic mass is 9.88. The summed E-state index contributed by atoms with van der Waals surface area (Å²) in [6.07, 6.45) is 11.9. The van der Waals surface area contributed by atoms with Gasteiger partial charge in [0.25, 0.3) is 23.3 Å². The van der Waals surface area contributed by atoms with Crippen molar-refractivity contribution in [2.75, 3.05) is 0 Å². The number of amides is 3. The quantitative estimate of drug-likeness (QED) is 0.602. The summed E-state index contributed by atoms with van der Waals surface area (Å²) in [5.41, 5.74) is 0.903. The Kier molecular flexibility index (Phi) is 8.62. The van der Waals surface area contributed by atoms with Gasteiger partial charge in [-0.25, -0.2) is 0 Å². The van der Waals surface area contributed by atoms with Gasteiger partial charge in [0.1, 0.15) is 11.1 Å². The van der Waals surface area contributed by atoms with Crippen LogP contribution in [0.1, 0.15) is 104 Å². The van der Waals surface area contributed by atoms with Crippen LogP contribution in [0.3, 0.4) is 0 Å². The molecule has 1 saturated carbocycles. The van der Waals surface area contributed by atoms with Crippen LogP contribution in [-0.4, -0.2) is 27.8 Å². The van der Waals surface area contributed by atoms with E-state index in [-0.39, 0.29) is 11.1 Å². The van der Waals surface area contributed by atoms with E-state index in [4.69, 9.17) is 0 Å². The third-order valence-corrected chi connectivity index (χ3v) is 7.77. The number of nitrogens with zero attached hydrogens (tertiary/aromatic N) is 1. The van der Waals surface area contributed by atoms with E-state index in [9.17, 15) is 19.2 Å². The van der Waals surface area contributed by atoms with Crippen molar-refractivity contribution in [2.45, 2.75) is 96.6 Å². The van der Waals surface area contributed by atoms with Crippen LogP contribution in [0.25, 0.3) is 0 Å². The van der Waals surface area contributed by atoms with Crippen molar-refractivity contribution >= 4 is 17.7 Å². The van der Waals surface area contributed by atoms with Crippen molar-refractivity contribution in [3.05, 3.63) is 69.1 Å². The Morgan fingerprint density at radius 3 is 2.24 bits per heavy atom. The maximum atomic E-state index is 13.7. The highest BCUT2D eigenvalue weighted by Crippen LogP contribution is 2.27. The number of hydrogen-bond acceptors (Lipinski definition) is 4. The third-order valence-electron chi connectivity index (χ3n) is 7.77. The Hall–Kier alpha value is -3.22. The van der Waals surface area contributed by atoms with E-state index in [1.807, 2.05) is 4.57 Å². The predicted octanol–water partition coefficient (Wildman–Crippen LogP) is 4.55. The summed E-state index contributed by atoms with van der Waals surface area (Å²) in [5, 5.41) is 5.08. The zero-order chi connectivity index (χ0) is 26.4. The third kappa shape index (κ3) is 6.56. The number of aromatic nitrogens is 1. The van der Waals surface area contributed by atoms with Gasteiger partial charge in [-0.3, -0.25) is 24.5 Å². The molecule has 4 rings (SSSR count). The van der Waals surface area contributed by atoms with Crippen LogP contribution in [0.5, 0.6) is 0 Å². The molecule has 0 unspecified atom stereocenters. The van der Waals surface area contributed by atoms with E-state index in [0.29, 0.717) is 18.0 Å². The van der Waals surface area contributed by atoms with Gasteiger partial charge in [0.2, 0.25) is 0 Å². The average molecular weight is 506 g/mol. The highest BCUT2D eigenvalue weighted by Gasteiger charge is 2.33. The minimum atomic E-state index is -1.40. The van der Waals surface area contributed by atoms with Crippen LogP contribution < -0.4 is 16.2 Å². The van der Waals surface area contributed by atoms with Crippen LogP contribution in [-0.2, 0) is 24.2 Å². The number of fused-ring (bicyclic) bond motifs is 1. The lowest BCUT2D eigenvalue weighted by molar-refractivity contribution is -0.125. The van der Waals surface area contributed by atoms with Crippen molar-refractivity contribution in [3.8, 4) is 0 Å². The number of imide groups is 1. The van der Waals surface area contributed by atoms with E-state index in [1.165, 1.54) is 33.1 Å². The molecule has 2 N–H and O–H groups in total. The molecule has 1 aromatic heterocycles. The zero-order valence-electron chi connectivity index (χ0n) is 22.1. The van der Waals surface area contributed by atoms with Gasteiger partial charge in [-0.1, -0.05) is 50.3 Å². The van der Waals surface area contributed by atoms with E-state index in [0.717, 1.165) is 62.6 Å². The smallest absolute Gasteiger partial charge is 0.263 e. The molecule has 1 aromatic carbocycles. The molecule has 3 amide bonds. The SMILES string of the molecule is CC(C)(NC(=O)c1cc2c(n(CC3CCCCC3)c1=O)CCCCCC2)C(=O)NC(=O)c1ccccc1. The van der Waals surface area contributed by atoms with Gasteiger partial charge >= 0.3 is 0 Å². The van der Waals surface area contributed by atoms with E-state index in [1.54, 1.807) is 36.4 Å². The van der Waals surface area contributed by atoms with Crippen LogP contribution in [0.2, 0.25) is 0 Å². The Balaban J connectivity index is 1.58. The first kappa shape index (κ1) is 26.8. The van der Waals surface area contributed by atoms with Crippen molar-refractivity contribution in [1.29, 1.82) is 0 Å². The number of pyridine rings is 1. The van der Waals surface area contributed by atoms with Crippen LogP contribution in [0.15, 0.2) is 41.2 Å². The van der Waals surface area contributed by atoms with Crippen LogP contribution in [0, 0.1) is 5.92 Å². The molecule has 37 heavy (non-hydrogen) atoms. The highest BCUT2D eigenvalue weighted by atomic mass is 16.2. The van der Waals surface area contributed by atoms with Gasteiger partial charge in [0, 0.05) is 17.8 Å². The second-order valence-corrected chi connectivity index (χ2v) is 11.1. The summed E-state index contributed by atoms with van der Waals surface area (Å²) < 4.78 is 1.87. The van der Waals surface area contributed by atoms with Gasteiger partial charge in [0.15, 0.2) is 0 Å². The molecule has 0 atom stereocenters. The summed E-state index contributed by atoms with van der Waals surface area (Å²) in [4.78, 5) is 52.5. The minimum Gasteiger partial charge on any atom is -0.338 e. The van der Waals surface area contributed by atoms with Crippen molar-refractivity contribution in [1.82, 2.24) is 15.2 Å². The fourth-order valence-corrected chi connectivity index (χ4v) is 5.55. The summed E-state index contributed by atoms with van der Waals surface area (Å²) in [7, 11) is 0. The Bertz CT molecular complexity index is 1190. The normalized spacial score (nSPS) is 16.7. The Morgan fingerprint density at radius 2 is 1.54 bits per heavy atom. The van der Waals surface area contributed by atoms with E-state index < -0.39 is 23.3 Å². The minimum absolute atomic E-state index is 0.0744. The monoisotopic (exact) mass is 505 g/mol. The molecule has 198 valence electrons. The molecule has 2 aliphatic rings. The number of aryl methyl sites for hydroxylation is 1. The molecular formula is C30H39N3O4. The molecule has 1 heterocycles. The number of rotatable bonds is 6. The van der Waals surface area contributed by atoms with Crippen molar-refractivity contribution in [2.24, 2.45) is 5.92 Å². The maximum Gasteiger partial charge on any atom is 0.263 e. The maximum absolute atomic E-state index is 13.7. The first-order valence-corrected chi connectivity index (χ1v) is 13.7. The zero-order valence-corrected chi connectivity index (χ0v) is 22.1. The molecule has 0 aliphatic heterocycles. The highest BCUT2D eigenvalue weighted by molar-refractivity contribution is 6.08. The largest absolute Gasteiger partial charge is 0.338 e. The molecule has 0 radical (unpaired) electrons. The molecule has 0 saturated heterocycles. The fourth-order valence-electron chi connectivity index (χ4n) is 5.55. The van der Waals surface area contributed by atoms with Crippen molar-refractivity contribution < 1.29 is 14.4 Å². The molecule has 7 nitrogen and oxygen atoms in total. The number of nitrogens with one attached hydrogen (secondary N) is 2. The van der Waals surface area contributed by atoms with Gasteiger partial charge in [0.05, 0.1) is 0 Å². The Morgan fingerprint density at radius 1 is 0.892 bits per heavy atom. The predicted molar refractivity (Wildman–Crippen MR) is 144 cm³/mol. The van der Waals surface area contributed by atoms with Crippen LogP contribution in [0.4, 0.5) is 0 Å². The lowest BCUT2D eigenvalue weighted by Gasteiger charge is -2.28. The number of carbonyl (C=O) groups is 3. The summed E-state index contributed by atoms with van der Waals surface area (Å²) in [6, 6.07) is 10.2. The summed E-state index contributed by atoms with van der Waals surface area (Å²) in [5.74, 6) is -1.31. The first-order valence-electron chi connectivity index (χ1n) is 13.7. The average Bonchev–Trinajstić information content (AvgIpc) is 2.87. The summed E-state index contributed by atoms with van der Waals surface area (Å²) in [6.45, 7) is 3.72. The Labute approximate surface area is 219 Å². The van der Waals surface area contributed by atoms with Gasteiger partial charge < -0.3 is 9.88 Å². The molecular weight excluding hydrogens is 466 g/mol.